The van der Waals surface area contributed by atoms with Gasteiger partial charge in [0.15, 0.2) is 0 Å². The largest absolute Gasteiger partial charge is 0.496 e. The van der Waals surface area contributed by atoms with Gasteiger partial charge in [0.1, 0.15) is 17.4 Å². The number of carbonyl (C=O) groups is 1. The van der Waals surface area contributed by atoms with E-state index in [4.69, 9.17) is 21.3 Å². The van der Waals surface area contributed by atoms with Crippen molar-refractivity contribution in [2.24, 2.45) is 0 Å². The second kappa shape index (κ2) is 9.57. The molecule has 6 nitrogen and oxygen atoms in total. The monoisotopic (exact) mass is 450 g/mol. The third-order valence-corrected chi connectivity index (χ3v) is 6.05. The van der Waals surface area contributed by atoms with Gasteiger partial charge in [-0.15, -0.1) is 0 Å². The van der Waals surface area contributed by atoms with E-state index in [1.807, 2.05) is 67.3 Å². The zero-order chi connectivity index (χ0) is 22.7. The van der Waals surface area contributed by atoms with Crippen LogP contribution in [0.4, 0.5) is 5.82 Å². The van der Waals surface area contributed by atoms with Crippen molar-refractivity contribution in [1.82, 2.24) is 14.9 Å². The minimum Gasteiger partial charge on any atom is -0.496 e. The van der Waals surface area contributed by atoms with Crippen LogP contribution in [0.5, 0.6) is 5.75 Å². The summed E-state index contributed by atoms with van der Waals surface area (Å²) in [6.07, 6.45) is 0.735. The number of methoxy groups -OCH3 is 1. The van der Waals surface area contributed by atoms with Crippen LogP contribution in [-0.4, -0.2) is 54.1 Å². The summed E-state index contributed by atoms with van der Waals surface area (Å²) < 4.78 is 5.37. The molecule has 4 rings (SSSR count). The molecule has 1 aliphatic heterocycles. The molecule has 2 aromatic carbocycles. The molecule has 0 radical (unpaired) electrons. The maximum absolute atomic E-state index is 13.1. The number of hydrogen-bond donors (Lipinski definition) is 0. The van der Waals surface area contributed by atoms with E-state index in [0.717, 1.165) is 39.9 Å². The molecular weight excluding hydrogens is 424 g/mol. The zero-order valence-electron chi connectivity index (χ0n) is 18.6. The molecule has 0 saturated carbocycles. The molecule has 7 heteroatoms. The standard InChI is InChI=1S/C25H27ClN4O2/c1-17-22(16-19-8-10-20(26)11-9-19)24(28-18(2)27-17)29-12-14-30(15-13-29)25(31)21-6-4-5-7-23(21)32-3/h4-11H,12-16H2,1-3H3. The molecule has 0 atom stereocenters. The van der Waals surface area contributed by atoms with Gasteiger partial charge in [-0.05, 0) is 43.7 Å². The van der Waals surface area contributed by atoms with Crippen molar-refractivity contribution >= 4 is 23.3 Å². The normalized spacial score (nSPS) is 13.9. The van der Waals surface area contributed by atoms with Crippen LogP contribution in [0.3, 0.4) is 0 Å². The smallest absolute Gasteiger partial charge is 0.257 e. The number of piperazine rings is 1. The van der Waals surface area contributed by atoms with Crippen LogP contribution in [0, 0.1) is 13.8 Å². The molecule has 0 unspecified atom stereocenters. The van der Waals surface area contributed by atoms with Gasteiger partial charge in [-0.25, -0.2) is 9.97 Å². The van der Waals surface area contributed by atoms with E-state index >= 15 is 0 Å². The molecule has 1 saturated heterocycles. The number of halogens is 1. The molecule has 1 amide bonds. The summed E-state index contributed by atoms with van der Waals surface area (Å²) in [6.45, 7) is 6.63. The van der Waals surface area contributed by atoms with E-state index < -0.39 is 0 Å². The fourth-order valence-electron chi connectivity index (χ4n) is 4.11. The Kier molecular flexibility index (Phi) is 6.61. The average Bonchev–Trinajstić information content (AvgIpc) is 2.81. The van der Waals surface area contributed by atoms with E-state index in [9.17, 15) is 4.79 Å². The lowest BCUT2D eigenvalue weighted by Gasteiger charge is -2.36. The highest BCUT2D eigenvalue weighted by molar-refractivity contribution is 6.30. The Bertz CT molecular complexity index is 1110. The van der Waals surface area contributed by atoms with E-state index in [1.54, 1.807) is 7.11 Å². The number of anilines is 1. The van der Waals surface area contributed by atoms with E-state index in [2.05, 4.69) is 9.88 Å². The number of amides is 1. The molecule has 0 aliphatic carbocycles. The minimum absolute atomic E-state index is 0.00136. The maximum Gasteiger partial charge on any atom is 0.257 e. The first-order valence-corrected chi connectivity index (χ1v) is 11.1. The van der Waals surface area contributed by atoms with Gasteiger partial charge in [0.05, 0.1) is 12.7 Å². The van der Waals surface area contributed by atoms with Crippen molar-refractivity contribution in [3.8, 4) is 5.75 Å². The van der Waals surface area contributed by atoms with Gasteiger partial charge in [0, 0.05) is 48.9 Å². The SMILES string of the molecule is COc1ccccc1C(=O)N1CCN(c2nc(C)nc(C)c2Cc2ccc(Cl)cc2)CC1. The Morgan fingerprint density at radius 2 is 1.69 bits per heavy atom. The maximum atomic E-state index is 13.1. The number of aromatic nitrogens is 2. The van der Waals surface area contributed by atoms with Crippen LogP contribution in [0.1, 0.15) is 33.0 Å². The highest BCUT2D eigenvalue weighted by Crippen LogP contribution is 2.27. The molecule has 2 heterocycles. The molecular formula is C25H27ClN4O2. The Morgan fingerprint density at radius 1 is 1.00 bits per heavy atom. The third kappa shape index (κ3) is 4.70. The number of nitrogens with zero attached hydrogens (tertiary/aromatic N) is 4. The van der Waals surface area contributed by atoms with Crippen molar-refractivity contribution in [2.75, 3.05) is 38.2 Å². The molecule has 0 spiro atoms. The second-order valence-electron chi connectivity index (χ2n) is 7.94. The van der Waals surface area contributed by atoms with E-state index in [-0.39, 0.29) is 5.91 Å². The number of para-hydroxylation sites is 1. The molecule has 3 aromatic rings. The van der Waals surface area contributed by atoms with Crippen molar-refractivity contribution in [3.05, 3.63) is 81.8 Å². The molecule has 0 bridgehead atoms. The predicted molar refractivity (Wildman–Crippen MR) is 127 cm³/mol. The van der Waals surface area contributed by atoms with E-state index in [0.29, 0.717) is 37.5 Å². The summed E-state index contributed by atoms with van der Waals surface area (Å²) in [5, 5.41) is 0.724. The van der Waals surface area contributed by atoms with Gasteiger partial charge >= 0.3 is 0 Å². The Morgan fingerprint density at radius 3 is 2.38 bits per heavy atom. The Hall–Kier alpha value is -3.12. The fraction of sp³-hybridized carbons (Fsp3) is 0.320. The summed E-state index contributed by atoms with van der Waals surface area (Å²) in [6, 6.07) is 15.3. The first-order chi connectivity index (χ1) is 15.5. The highest BCUT2D eigenvalue weighted by Gasteiger charge is 2.26. The third-order valence-electron chi connectivity index (χ3n) is 5.80. The fourth-order valence-corrected chi connectivity index (χ4v) is 4.23. The quantitative estimate of drug-likeness (QED) is 0.579. The molecule has 166 valence electrons. The van der Waals surface area contributed by atoms with E-state index in [1.165, 1.54) is 0 Å². The summed E-state index contributed by atoms with van der Waals surface area (Å²) >= 11 is 6.05. The molecule has 0 N–H and O–H groups in total. The summed E-state index contributed by atoms with van der Waals surface area (Å²) in [5.41, 5.74) is 3.86. The summed E-state index contributed by atoms with van der Waals surface area (Å²) in [7, 11) is 1.59. The lowest BCUT2D eigenvalue weighted by molar-refractivity contribution is 0.0743. The van der Waals surface area contributed by atoms with Crippen molar-refractivity contribution in [1.29, 1.82) is 0 Å². The first-order valence-electron chi connectivity index (χ1n) is 10.7. The van der Waals surface area contributed by atoms with Crippen molar-refractivity contribution < 1.29 is 9.53 Å². The van der Waals surface area contributed by atoms with Crippen LogP contribution >= 0.6 is 11.6 Å². The van der Waals surface area contributed by atoms with Crippen molar-refractivity contribution in [2.45, 2.75) is 20.3 Å². The van der Waals surface area contributed by atoms with Crippen LogP contribution in [0.15, 0.2) is 48.5 Å². The number of rotatable bonds is 5. The molecule has 1 fully saturated rings. The van der Waals surface area contributed by atoms with Gasteiger partial charge in [-0.3, -0.25) is 4.79 Å². The summed E-state index contributed by atoms with van der Waals surface area (Å²) in [4.78, 5) is 26.6. The Labute approximate surface area is 193 Å². The molecule has 1 aliphatic rings. The number of carbonyl (C=O) groups excluding carboxylic acids is 1. The number of aryl methyl sites for hydroxylation is 2. The predicted octanol–water partition coefficient (Wildman–Crippen LogP) is 4.31. The second-order valence-corrected chi connectivity index (χ2v) is 8.38. The number of hydrogen-bond acceptors (Lipinski definition) is 5. The number of benzene rings is 2. The van der Waals surface area contributed by atoms with Crippen LogP contribution in [-0.2, 0) is 6.42 Å². The summed E-state index contributed by atoms with van der Waals surface area (Å²) in [5.74, 6) is 2.31. The van der Waals surface area contributed by atoms with Gasteiger partial charge in [-0.1, -0.05) is 35.9 Å². The van der Waals surface area contributed by atoms with Gasteiger partial charge in [0.25, 0.3) is 5.91 Å². The van der Waals surface area contributed by atoms with Gasteiger partial charge in [-0.2, -0.15) is 0 Å². The van der Waals surface area contributed by atoms with Crippen LogP contribution < -0.4 is 9.64 Å². The van der Waals surface area contributed by atoms with Gasteiger partial charge in [0.2, 0.25) is 0 Å². The Balaban J connectivity index is 1.53. The lowest BCUT2D eigenvalue weighted by Crippen LogP contribution is -2.49. The topological polar surface area (TPSA) is 58.6 Å². The number of ether oxygens (including phenoxy) is 1. The zero-order valence-corrected chi connectivity index (χ0v) is 19.4. The minimum atomic E-state index is -0.00136. The lowest BCUT2D eigenvalue weighted by atomic mass is 10.0. The highest BCUT2D eigenvalue weighted by atomic mass is 35.5. The van der Waals surface area contributed by atoms with Gasteiger partial charge < -0.3 is 14.5 Å². The molecule has 32 heavy (non-hydrogen) atoms. The van der Waals surface area contributed by atoms with Crippen LogP contribution in [0.25, 0.3) is 0 Å². The van der Waals surface area contributed by atoms with Crippen molar-refractivity contribution in [3.63, 3.8) is 0 Å². The first kappa shape index (κ1) is 22.1. The molecule has 1 aromatic heterocycles. The van der Waals surface area contributed by atoms with Crippen LogP contribution in [0.2, 0.25) is 5.02 Å². The average molecular weight is 451 g/mol.